The molecule has 0 radical (unpaired) electrons. The first-order chi connectivity index (χ1) is 17.2. The monoisotopic (exact) mass is 515 g/mol. The Kier molecular flexibility index (Phi) is 6.94. The van der Waals surface area contributed by atoms with Crippen LogP contribution in [0.15, 0.2) is 24.3 Å². The molecule has 8 nitrogen and oxygen atoms in total. The maximum atomic E-state index is 14.6. The molecule has 4 heterocycles. The third-order valence-electron chi connectivity index (χ3n) is 8.85. The predicted octanol–water partition coefficient (Wildman–Crippen LogP) is 2.76. The number of carbonyl (C=O) groups is 3. The van der Waals surface area contributed by atoms with Gasteiger partial charge in [-0.2, -0.15) is 0 Å². The van der Waals surface area contributed by atoms with Crippen molar-refractivity contribution < 1.29 is 24.2 Å². The summed E-state index contributed by atoms with van der Waals surface area (Å²) in [5.74, 6) is -2.20. The number of aliphatic hydroxyl groups excluding tert-OH is 1. The van der Waals surface area contributed by atoms with Crippen molar-refractivity contribution in [3.05, 3.63) is 24.3 Å². The van der Waals surface area contributed by atoms with E-state index in [0.29, 0.717) is 25.9 Å². The van der Waals surface area contributed by atoms with E-state index in [2.05, 4.69) is 34.6 Å². The van der Waals surface area contributed by atoms with Crippen LogP contribution in [0.1, 0.15) is 67.7 Å². The third kappa shape index (κ3) is 4.15. The fourth-order valence-electron chi connectivity index (χ4n) is 7.57. The molecule has 0 saturated carbocycles. The van der Waals surface area contributed by atoms with Crippen LogP contribution in [0.3, 0.4) is 0 Å². The number of rotatable bonds is 6. The van der Waals surface area contributed by atoms with E-state index in [0.717, 1.165) is 6.42 Å². The zero-order chi connectivity index (χ0) is 27.6. The number of likely N-dealkylation sites (tertiary alicyclic amines) is 1. The largest absolute Gasteiger partial charge is 0.394 e. The minimum absolute atomic E-state index is 0.0205. The first kappa shape index (κ1) is 27.8. The first-order valence-electron chi connectivity index (χ1n) is 13.7. The molecule has 6 atom stereocenters. The van der Waals surface area contributed by atoms with Gasteiger partial charge in [0.2, 0.25) is 17.7 Å². The summed E-state index contributed by atoms with van der Waals surface area (Å²) < 4.78 is 6.96. The van der Waals surface area contributed by atoms with Crippen LogP contribution < -0.4 is 0 Å². The molecule has 0 aliphatic carbocycles. The highest BCUT2D eigenvalue weighted by Crippen LogP contribution is 2.59. The van der Waals surface area contributed by atoms with Gasteiger partial charge in [-0.05, 0) is 38.5 Å². The minimum Gasteiger partial charge on any atom is -0.394 e. The van der Waals surface area contributed by atoms with E-state index < -0.39 is 40.7 Å². The Bertz CT molecular complexity index is 1010. The lowest BCUT2D eigenvalue weighted by atomic mass is 9.73. The molecule has 3 amide bonds. The van der Waals surface area contributed by atoms with Gasteiger partial charge in [-0.3, -0.25) is 14.4 Å². The maximum absolute atomic E-state index is 14.6. The number of amides is 3. The molecular weight excluding hydrogens is 470 g/mol. The van der Waals surface area contributed by atoms with Gasteiger partial charge in [-0.25, -0.2) is 0 Å². The van der Waals surface area contributed by atoms with Gasteiger partial charge < -0.3 is 24.5 Å². The summed E-state index contributed by atoms with van der Waals surface area (Å²) in [5, 5.41) is 10.3. The van der Waals surface area contributed by atoms with Crippen molar-refractivity contribution in [2.24, 2.45) is 17.3 Å². The summed E-state index contributed by atoms with van der Waals surface area (Å²) in [6.07, 6.45) is 9.46. The first-order valence-corrected chi connectivity index (χ1v) is 13.7. The maximum Gasteiger partial charge on any atom is 0.249 e. The molecule has 1 N–H and O–H groups in total. The summed E-state index contributed by atoms with van der Waals surface area (Å²) in [5.41, 5.74) is -2.77. The van der Waals surface area contributed by atoms with Crippen LogP contribution in [0.2, 0.25) is 0 Å². The quantitative estimate of drug-likeness (QED) is 0.550. The van der Waals surface area contributed by atoms with E-state index in [4.69, 9.17) is 4.74 Å². The van der Waals surface area contributed by atoms with Crippen LogP contribution >= 0.6 is 0 Å². The Hall–Kier alpha value is -2.19. The van der Waals surface area contributed by atoms with Crippen molar-refractivity contribution in [3.8, 4) is 0 Å². The lowest BCUT2D eigenvalue weighted by Crippen LogP contribution is -2.62. The molecule has 1 unspecified atom stereocenters. The molecule has 0 aromatic carbocycles. The van der Waals surface area contributed by atoms with Crippen molar-refractivity contribution in [1.29, 1.82) is 0 Å². The van der Waals surface area contributed by atoms with Gasteiger partial charge in [-0.15, -0.1) is 0 Å². The molecule has 1 spiro atoms. The zero-order valence-corrected chi connectivity index (χ0v) is 23.8. The van der Waals surface area contributed by atoms with Crippen LogP contribution in [-0.4, -0.2) is 93.1 Å². The molecule has 2 saturated heterocycles. The molecule has 0 aromatic heterocycles. The van der Waals surface area contributed by atoms with E-state index in [1.165, 1.54) is 0 Å². The molecular formula is C29H45N3O5. The van der Waals surface area contributed by atoms with E-state index >= 15 is 0 Å². The number of likely N-dealkylation sites (N-methyl/N-ethyl adjacent to an activating group) is 1. The van der Waals surface area contributed by atoms with Gasteiger partial charge in [0.05, 0.1) is 30.1 Å². The number of nitrogens with zero attached hydrogens (tertiary/aromatic N) is 3. The Morgan fingerprint density at radius 1 is 1.00 bits per heavy atom. The molecule has 0 bridgehead atoms. The highest BCUT2D eigenvalue weighted by molar-refractivity contribution is 6.00. The predicted molar refractivity (Wildman–Crippen MR) is 141 cm³/mol. The Labute approximate surface area is 221 Å². The van der Waals surface area contributed by atoms with Gasteiger partial charge in [0.25, 0.3) is 0 Å². The van der Waals surface area contributed by atoms with Crippen molar-refractivity contribution in [3.63, 3.8) is 0 Å². The summed E-state index contributed by atoms with van der Waals surface area (Å²) >= 11 is 0. The average Bonchev–Trinajstić information content (AvgIpc) is 3.09. The fourth-order valence-corrected chi connectivity index (χ4v) is 7.57. The number of fused-ring (bicyclic) bond motifs is 2. The standard InChI is InChI=1S/C29H45N3O5/c1-9-19(17-33)32-22-25(36)31(27(6,7)18-26(3,4)5)16-12-14-29(22)21(24(32)35)20-23(34)30(8)15-11-13-28(20,10-2)37-29/h11-14,19-22,33H,9-10,15-18H2,1-8H3/t19-,20-,21-,22?,28+,29-/m0/s1. The normalized spacial score (nSPS) is 34.9. The van der Waals surface area contributed by atoms with Gasteiger partial charge >= 0.3 is 0 Å². The smallest absolute Gasteiger partial charge is 0.249 e. The molecule has 37 heavy (non-hydrogen) atoms. The highest BCUT2D eigenvalue weighted by Gasteiger charge is 2.76. The Balaban J connectivity index is 1.91. The molecule has 4 aliphatic rings. The topological polar surface area (TPSA) is 90.4 Å². The second kappa shape index (κ2) is 9.23. The van der Waals surface area contributed by atoms with Gasteiger partial charge in [-0.1, -0.05) is 58.9 Å². The van der Waals surface area contributed by atoms with Crippen molar-refractivity contribution in [1.82, 2.24) is 14.7 Å². The number of ether oxygens (including phenoxy) is 1. The average molecular weight is 516 g/mol. The molecule has 4 rings (SSSR count). The lowest BCUT2D eigenvalue weighted by Gasteiger charge is -2.45. The van der Waals surface area contributed by atoms with Crippen molar-refractivity contribution in [2.75, 3.05) is 26.7 Å². The summed E-state index contributed by atoms with van der Waals surface area (Å²) in [6.45, 7) is 15.0. The number of hydrogen-bond donors (Lipinski definition) is 1. The second-order valence-corrected chi connectivity index (χ2v) is 13.1. The van der Waals surface area contributed by atoms with Crippen molar-refractivity contribution in [2.45, 2.75) is 96.6 Å². The Morgan fingerprint density at radius 3 is 2.22 bits per heavy atom. The summed E-state index contributed by atoms with van der Waals surface area (Å²) in [7, 11) is 1.74. The van der Waals surface area contributed by atoms with Crippen LogP contribution in [0, 0.1) is 17.3 Å². The van der Waals surface area contributed by atoms with Crippen LogP contribution in [0.25, 0.3) is 0 Å². The van der Waals surface area contributed by atoms with Crippen LogP contribution in [0.5, 0.6) is 0 Å². The molecule has 2 fully saturated rings. The highest BCUT2D eigenvalue weighted by atomic mass is 16.5. The molecule has 4 aliphatic heterocycles. The van der Waals surface area contributed by atoms with Gasteiger partial charge in [0, 0.05) is 25.7 Å². The zero-order valence-electron chi connectivity index (χ0n) is 23.8. The van der Waals surface area contributed by atoms with Crippen LogP contribution in [0.4, 0.5) is 0 Å². The summed E-state index contributed by atoms with van der Waals surface area (Å²) in [4.78, 5) is 47.8. The second-order valence-electron chi connectivity index (χ2n) is 13.1. The van der Waals surface area contributed by atoms with E-state index in [-0.39, 0.29) is 29.7 Å². The molecule has 0 aromatic rings. The van der Waals surface area contributed by atoms with Crippen LogP contribution in [-0.2, 0) is 19.1 Å². The molecule has 8 heteroatoms. The van der Waals surface area contributed by atoms with E-state index in [1.54, 1.807) is 16.8 Å². The Morgan fingerprint density at radius 2 is 1.65 bits per heavy atom. The number of hydrogen-bond acceptors (Lipinski definition) is 5. The SMILES string of the molecule is CC[C@@H](CO)N1C(=O)[C@@H]2[C@H]3C(=O)N(C)CC=C[C@@]3(CC)O[C@@]23C=CCN(C(C)(C)CC(C)(C)C)C(=O)C13. The summed E-state index contributed by atoms with van der Waals surface area (Å²) in [6, 6.07) is -1.50. The minimum atomic E-state index is -1.29. The third-order valence-corrected chi connectivity index (χ3v) is 8.85. The lowest BCUT2D eigenvalue weighted by molar-refractivity contribution is -0.160. The number of carbonyl (C=O) groups excluding carboxylic acids is 3. The van der Waals surface area contributed by atoms with E-state index in [9.17, 15) is 19.5 Å². The van der Waals surface area contributed by atoms with E-state index in [1.807, 2.05) is 43.1 Å². The van der Waals surface area contributed by atoms with Crippen molar-refractivity contribution >= 4 is 17.7 Å². The van der Waals surface area contributed by atoms with Gasteiger partial charge in [0.15, 0.2) is 0 Å². The number of aliphatic hydroxyl groups is 1. The van der Waals surface area contributed by atoms with Gasteiger partial charge in [0.1, 0.15) is 11.6 Å². The molecule has 206 valence electrons. The fraction of sp³-hybridized carbons (Fsp3) is 0.759.